The molecule has 3 rings (SSSR count). The van der Waals surface area contributed by atoms with Gasteiger partial charge in [0.15, 0.2) is 0 Å². The van der Waals surface area contributed by atoms with E-state index in [1.54, 1.807) is 13.2 Å². The summed E-state index contributed by atoms with van der Waals surface area (Å²) in [5.74, 6) is 0.822. The van der Waals surface area contributed by atoms with E-state index in [9.17, 15) is 5.11 Å². The lowest BCUT2D eigenvalue weighted by molar-refractivity contribution is 0.00523. The van der Waals surface area contributed by atoms with Gasteiger partial charge in [-0.15, -0.1) is 6.58 Å². The van der Waals surface area contributed by atoms with E-state index in [0.717, 1.165) is 24.2 Å². The van der Waals surface area contributed by atoms with Gasteiger partial charge in [-0.05, 0) is 45.9 Å². The summed E-state index contributed by atoms with van der Waals surface area (Å²) in [6.45, 7) is 11.7. The van der Waals surface area contributed by atoms with E-state index in [2.05, 4.69) is 88.0 Å². The maximum absolute atomic E-state index is 10.2. The summed E-state index contributed by atoms with van der Waals surface area (Å²) in [7, 11) is -0.899. The van der Waals surface area contributed by atoms with Crippen LogP contribution in [0.5, 0.6) is 5.75 Å². The number of rotatable bonds is 14. The molecule has 0 saturated heterocycles. The zero-order valence-electron chi connectivity index (χ0n) is 22.7. The van der Waals surface area contributed by atoms with Crippen molar-refractivity contribution in [3.05, 3.63) is 103 Å². The van der Waals surface area contributed by atoms with Crippen LogP contribution in [0.3, 0.4) is 0 Å². The average Bonchev–Trinajstić information content (AvgIpc) is 2.92. The molecular formula is C32H42O4Si. The van der Waals surface area contributed by atoms with Crippen LogP contribution >= 0.6 is 0 Å². The largest absolute Gasteiger partial charge is 0.497 e. The Labute approximate surface area is 224 Å². The van der Waals surface area contributed by atoms with Crippen molar-refractivity contribution in [2.45, 2.75) is 63.9 Å². The van der Waals surface area contributed by atoms with Gasteiger partial charge in [-0.1, -0.05) is 99.6 Å². The topological polar surface area (TPSA) is 47.9 Å². The van der Waals surface area contributed by atoms with Gasteiger partial charge in [-0.2, -0.15) is 0 Å². The fourth-order valence-electron chi connectivity index (χ4n) is 4.87. The molecule has 0 aromatic heterocycles. The monoisotopic (exact) mass is 518 g/mol. The Bertz CT molecular complexity index is 1020. The summed E-state index contributed by atoms with van der Waals surface area (Å²) in [5, 5.41) is 12.7. The van der Waals surface area contributed by atoms with E-state index in [0.29, 0.717) is 19.6 Å². The molecule has 3 aromatic rings. The van der Waals surface area contributed by atoms with Gasteiger partial charge < -0.3 is 19.0 Å². The average molecular weight is 519 g/mol. The van der Waals surface area contributed by atoms with Gasteiger partial charge in [-0.3, -0.25) is 0 Å². The molecule has 0 aliphatic rings. The molecule has 1 N–H and O–H groups in total. The maximum Gasteiger partial charge on any atom is 0.261 e. The second-order valence-corrected chi connectivity index (χ2v) is 14.8. The van der Waals surface area contributed by atoms with Gasteiger partial charge in [-0.25, -0.2) is 0 Å². The first-order valence-electron chi connectivity index (χ1n) is 13.1. The van der Waals surface area contributed by atoms with Crippen molar-refractivity contribution in [2.24, 2.45) is 0 Å². The number of ether oxygens (including phenoxy) is 2. The highest BCUT2D eigenvalue weighted by Crippen LogP contribution is 2.37. The van der Waals surface area contributed by atoms with Crippen molar-refractivity contribution < 1.29 is 19.0 Å². The van der Waals surface area contributed by atoms with Crippen LogP contribution < -0.4 is 15.1 Å². The van der Waals surface area contributed by atoms with Crippen molar-refractivity contribution in [1.82, 2.24) is 0 Å². The molecule has 0 amide bonds. The van der Waals surface area contributed by atoms with E-state index >= 15 is 0 Å². The summed E-state index contributed by atoms with van der Waals surface area (Å²) in [5.41, 5.74) is 1.07. The predicted octanol–water partition coefficient (Wildman–Crippen LogP) is 5.87. The highest BCUT2D eigenvalue weighted by atomic mass is 28.4. The zero-order chi connectivity index (χ0) is 26.7. The van der Waals surface area contributed by atoms with E-state index in [1.807, 2.05) is 24.3 Å². The quantitative estimate of drug-likeness (QED) is 0.165. The van der Waals surface area contributed by atoms with Crippen molar-refractivity contribution in [3.8, 4) is 5.75 Å². The fourth-order valence-corrected chi connectivity index (χ4v) is 9.47. The van der Waals surface area contributed by atoms with Crippen LogP contribution in [0.25, 0.3) is 0 Å². The van der Waals surface area contributed by atoms with E-state index < -0.39 is 14.4 Å². The fraction of sp³-hybridized carbons (Fsp3) is 0.375. The lowest BCUT2D eigenvalue weighted by Gasteiger charge is -2.43. The van der Waals surface area contributed by atoms with Crippen LogP contribution in [0.15, 0.2) is 97.6 Å². The molecule has 0 bridgehead atoms. The van der Waals surface area contributed by atoms with Gasteiger partial charge in [0.05, 0.1) is 25.9 Å². The minimum Gasteiger partial charge on any atom is -0.497 e. The standard InChI is InChI=1S/C32H42O4Si/c1-6-27(33)24-29(35-25-26-19-21-28(34-5)22-20-26)14-13-23-36-37(32(2,3)4,30-15-9-7-10-16-30)31-17-11-8-12-18-31/h6-12,15-22,27,29,33H,1,13-14,23-25H2,2-5H3/t27-,29+/m1/s1. The molecule has 0 aliphatic carbocycles. The Balaban J connectivity index is 1.72. The summed E-state index contributed by atoms with van der Waals surface area (Å²) in [4.78, 5) is 0. The van der Waals surface area contributed by atoms with Crippen molar-refractivity contribution in [2.75, 3.05) is 13.7 Å². The van der Waals surface area contributed by atoms with Crippen molar-refractivity contribution >= 4 is 18.7 Å². The van der Waals surface area contributed by atoms with Crippen LogP contribution in [0.2, 0.25) is 5.04 Å². The third kappa shape index (κ3) is 7.65. The summed E-state index contributed by atoms with van der Waals surface area (Å²) in [6, 6.07) is 29.3. The van der Waals surface area contributed by atoms with Gasteiger partial charge in [0.1, 0.15) is 5.75 Å². The molecule has 5 heteroatoms. The molecule has 0 saturated carbocycles. The van der Waals surface area contributed by atoms with Crippen LogP contribution in [0.1, 0.15) is 45.6 Å². The second-order valence-electron chi connectivity index (χ2n) is 10.5. The molecule has 3 aromatic carbocycles. The van der Waals surface area contributed by atoms with E-state index in [1.165, 1.54) is 10.4 Å². The van der Waals surface area contributed by atoms with Crippen molar-refractivity contribution in [3.63, 3.8) is 0 Å². The summed E-state index contributed by atoms with van der Waals surface area (Å²) < 4.78 is 18.5. The smallest absolute Gasteiger partial charge is 0.261 e. The molecular weight excluding hydrogens is 476 g/mol. The number of aliphatic hydroxyl groups is 1. The third-order valence-electron chi connectivity index (χ3n) is 6.83. The molecule has 37 heavy (non-hydrogen) atoms. The van der Waals surface area contributed by atoms with Crippen LogP contribution in [-0.4, -0.2) is 39.3 Å². The van der Waals surface area contributed by atoms with E-state index in [4.69, 9.17) is 13.9 Å². The highest BCUT2D eigenvalue weighted by Gasteiger charge is 2.49. The third-order valence-corrected chi connectivity index (χ3v) is 11.9. The molecule has 0 heterocycles. The number of benzene rings is 3. The van der Waals surface area contributed by atoms with Crippen LogP contribution in [0.4, 0.5) is 0 Å². The summed E-state index contributed by atoms with van der Waals surface area (Å²) in [6.07, 6.45) is 3.01. The first-order chi connectivity index (χ1) is 17.8. The Morgan fingerprint density at radius 1 is 0.892 bits per heavy atom. The van der Waals surface area contributed by atoms with Gasteiger partial charge >= 0.3 is 0 Å². The Kier molecular flexibility index (Phi) is 10.7. The molecule has 0 aliphatic heterocycles. The molecule has 0 fully saturated rings. The normalized spacial score (nSPS) is 13.6. The molecule has 0 spiro atoms. The SMILES string of the molecule is C=C[C@@H](O)C[C@H](CCCO[Si](c1ccccc1)(c1ccccc1)C(C)(C)C)OCc1ccc(OC)cc1. The number of hydrogen-bond donors (Lipinski definition) is 1. The summed E-state index contributed by atoms with van der Waals surface area (Å²) >= 11 is 0. The lowest BCUT2D eigenvalue weighted by Crippen LogP contribution is -2.66. The van der Waals surface area contributed by atoms with Gasteiger partial charge in [0.25, 0.3) is 8.32 Å². The first-order valence-corrected chi connectivity index (χ1v) is 15.0. The van der Waals surface area contributed by atoms with Gasteiger partial charge in [0, 0.05) is 13.0 Å². The second kappa shape index (κ2) is 13.7. The molecule has 0 unspecified atom stereocenters. The number of hydrogen-bond acceptors (Lipinski definition) is 4. The molecule has 0 radical (unpaired) electrons. The van der Waals surface area contributed by atoms with E-state index in [-0.39, 0.29) is 11.1 Å². The number of aliphatic hydroxyl groups excluding tert-OH is 1. The maximum atomic E-state index is 10.2. The highest BCUT2D eigenvalue weighted by molar-refractivity contribution is 6.99. The molecule has 4 nitrogen and oxygen atoms in total. The van der Waals surface area contributed by atoms with Crippen LogP contribution in [0, 0.1) is 0 Å². The van der Waals surface area contributed by atoms with Crippen molar-refractivity contribution in [1.29, 1.82) is 0 Å². The molecule has 2 atom stereocenters. The minimum atomic E-state index is -2.56. The first kappa shape index (κ1) is 28.9. The predicted molar refractivity (Wildman–Crippen MR) is 155 cm³/mol. The number of methoxy groups -OCH3 is 1. The van der Waals surface area contributed by atoms with Crippen LogP contribution in [-0.2, 0) is 15.8 Å². The van der Waals surface area contributed by atoms with Gasteiger partial charge in [0.2, 0.25) is 0 Å². The minimum absolute atomic E-state index is 0.0565. The molecule has 198 valence electrons. The Morgan fingerprint density at radius 2 is 1.46 bits per heavy atom. The zero-order valence-corrected chi connectivity index (χ0v) is 23.7. The Hall–Kier alpha value is -2.70. The Morgan fingerprint density at radius 3 is 1.95 bits per heavy atom. The lowest BCUT2D eigenvalue weighted by atomic mass is 10.1.